The van der Waals surface area contributed by atoms with Gasteiger partial charge in [-0.1, -0.05) is 6.92 Å². The Labute approximate surface area is 211 Å². The van der Waals surface area contributed by atoms with Gasteiger partial charge in [0, 0.05) is 12.5 Å². The summed E-state index contributed by atoms with van der Waals surface area (Å²) in [4.78, 5) is 21.7. The van der Waals surface area contributed by atoms with Gasteiger partial charge in [0.25, 0.3) is 5.69 Å². The van der Waals surface area contributed by atoms with Gasteiger partial charge in [-0.05, 0) is 44.1 Å². The molecule has 0 saturated heterocycles. The first-order valence-corrected chi connectivity index (χ1v) is 29.7. The summed E-state index contributed by atoms with van der Waals surface area (Å²) < 4.78 is 2.19. The summed E-state index contributed by atoms with van der Waals surface area (Å²) in [5.74, 6) is 1.66. The maximum absolute atomic E-state index is 11.7. The number of non-ortho nitro benzene ring substituents is 1. The summed E-state index contributed by atoms with van der Waals surface area (Å²) in [6.07, 6.45) is 4.52. The molecule has 15 heteroatoms. The SMILES string of the molecule is CCC1=[N+](CC)N(c2ccc([N+](=O)[O-])cc2[N+](=O)[O-])[C@@H]2[C@H]3CC[C@H](C3)[C@H]12.[Cl][Sb-]([Cl])([Cl])([Cl])([Cl])[Cl]. The van der Waals surface area contributed by atoms with E-state index < -0.39 is 19.0 Å². The number of hydrazine groups is 1. The first-order valence-electron chi connectivity index (χ1n) is 10.3. The first kappa shape index (κ1) is 27.6. The molecule has 3 aliphatic rings. The van der Waals surface area contributed by atoms with Gasteiger partial charge in [0.2, 0.25) is 0 Å². The number of benzene rings is 1. The van der Waals surface area contributed by atoms with E-state index in [0.717, 1.165) is 25.5 Å². The zero-order valence-electron chi connectivity index (χ0n) is 17.7. The van der Waals surface area contributed by atoms with Crippen molar-refractivity contribution in [2.75, 3.05) is 11.6 Å². The first-order chi connectivity index (χ1) is 14.9. The van der Waals surface area contributed by atoms with Crippen LogP contribution >= 0.6 is 53.0 Å². The van der Waals surface area contributed by atoms with Crippen LogP contribution in [0, 0.1) is 38.0 Å². The third-order valence-corrected chi connectivity index (χ3v) is 6.41. The fourth-order valence-electron chi connectivity index (χ4n) is 5.58. The summed E-state index contributed by atoms with van der Waals surface area (Å²) in [5, 5.41) is 24.8. The Morgan fingerprint density at radius 3 is 2.09 bits per heavy atom. The second kappa shape index (κ2) is 8.86. The van der Waals surface area contributed by atoms with E-state index in [1.54, 1.807) is 6.07 Å². The van der Waals surface area contributed by atoms with Crippen LogP contribution in [0.2, 0.25) is 0 Å². The minimum atomic E-state index is -5.42. The number of nitro benzene ring substituents is 2. The number of rotatable bonds is 5. The summed E-state index contributed by atoms with van der Waals surface area (Å²) in [7, 11) is 25.0. The van der Waals surface area contributed by atoms with Crippen LogP contribution in [0.4, 0.5) is 17.1 Å². The average molecular weight is 694 g/mol. The van der Waals surface area contributed by atoms with Crippen molar-refractivity contribution in [1.82, 2.24) is 0 Å². The monoisotopic (exact) mass is 690 g/mol. The van der Waals surface area contributed by atoms with E-state index >= 15 is 0 Å². The number of nitrogens with zero attached hydrogens (tertiary/aromatic N) is 4. The van der Waals surface area contributed by atoms with Crippen LogP contribution in [-0.2, 0) is 0 Å². The third kappa shape index (κ3) is 6.63. The van der Waals surface area contributed by atoms with Gasteiger partial charge in [-0.25, -0.2) is 0 Å². The molecular weight excluding hydrogens is 671 g/mol. The quantitative estimate of drug-likeness (QED) is 0.140. The van der Waals surface area contributed by atoms with E-state index in [2.05, 4.69) is 23.5 Å². The second-order valence-electron chi connectivity index (χ2n) is 8.40. The van der Waals surface area contributed by atoms with Gasteiger partial charge in [-0.2, -0.15) is 0 Å². The van der Waals surface area contributed by atoms with Crippen LogP contribution in [0.1, 0.15) is 39.5 Å². The topological polar surface area (TPSA) is 92.5 Å². The van der Waals surface area contributed by atoms with Crippen molar-refractivity contribution in [1.29, 1.82) is 0 Å². The molecule has 1 aromatic rings. The number of hydrazone groups is 1. The fraction of sp³-hybridized carbons (Fsp3) is 0.611. The second-order valence-corrected chi connectivity index (χ2v) is 65.3. The standard InChI is InChI=1S/C18H23N4O4.6ClH.Sb/c1-3-14-17-11-5-6-12(9-11)18(17)20(19(14)4-2)15-8-7-13(21(23)24)10-16(15)22(25)26;;;;;;;/h7-8,10-12,17-18H,3-6,9H2,1-2H3;6*1H;/q+1;;;;;;;+5/p-6/t11-,12+,17-,18-;;;;;;;/m1......./s1. The van der Waals surface area contributed by atoms with Crippen molar-refractivity contribution in [3.05, 3.63) is 38.4 Å². The van der Waals surface area contributed by atoms with Crippen LogP contribution in [0.3, 0.4) is 0 Å². The Bertz CT molecular complexity index is 1020. The van der Waals surface area contributed by atoms with Crippen molar-refractivity contribution in [3.63, 3.8) is 0 Å². The molecule has 2 bridgehead atoms. The predicted molar refractivity (Wildman–Crippen MR) is 137 cm³/mol. The van der Waals surface area contributed by atoms with Gasteiger partial charge in [-0.15, -0.1) is 9.69 Å². The molecule has 4 rings (SSSR count). The average Bonchev–Trinajstić information content (AvgIpc) is 3.35. The minimum absolute atomic E-state index is 0.184. The molecule has 1 heterocycles. The molecule has 0 aromatic heterocycles. The predicted octanol–water partition coefficient (Wildman–Crippen LogP) is 7.29. The summed E-state index contributed by atoms with van der Waals surface area (Å²) in [5.41, 5.74) is 1.41. The van der Waals surface area contributed by atoms with E-state index in [0.29, 0.717) is 23.4 Å². The van der Waals surface area contributed by atoms with Crippen LogP contribution in [-0.4, -0.2) is 42.0 Å². The molecule has 186 valence electrons. The molecule has 2 aliphatic carbocycles. The van der Waals surface area contributed by atoms with Gasteiger partial charge in [0.1, 0.15) is 6.04 Å². The number of hydrogen-bond acceptors (Lipinski definition) is 5. The molecule has 1 aromatic carbocycles. The normalized spacial score (nSPS) is 28.1. The maximum atomic E-state index is 11.7. The van der Waals surface area contributed by atoms with Crippen LogP contribution in [0.15, 0.2) is 18.2 Å². The summed E-state index contributed by atoms with van der Waals surface area (Å²) >= 11 is 0. The third-order valence-electron chi connectivity index (χ3n) is 6.41. The Hall–Kier alpha value is 0.0482. The zero-order valence-corrected chi connectivity index (χ0v) is 24.8. The molecule has 33 heavy (non-hydrogen) atoms. The van der Waals surface area contributed by atoms with E-state index in [4.69, 9.17) is 53.0 Å². The van der Waals surface area contributed by atoms with Gasteiger partial charge in [0.05, 0.1) is 21.8 Å². The molecular formula is C18H23Cl6N4O4Sb. The Kier molecular flexibility index (Phi) is 7.42. The van der Waals surface area contributed by atoms with Gasteiger partial charge >= 0.3 is 67.8 Å². The number of anilines is 1. The van der Waals surface area contributed by atoms with Gasteiger partial charge < -0.3 is 0 Å². The molecule has 0 radical (unpaired) electrons. The van der Waals surface area contributed by atoms with Crippen molar-refractivity contribution in [2.24, 2.45) is 17.8 Å². The Morgan fingerprint density at radius 1 is 1.03 bits per heavy atom. The van der Waals surface area contributed by atoms with E-state index in [1.807, 2.05) is 0 Å². The molecule has 0 unspecified atom stereocenters. The molecule has 8 nitrogen and oxygen atoms in total. The molecule has 0 spiro atoms. The zero-order chi connectivity index (χ0) is 25.0. The van der Waals surface area contributed by atoms with Crippen LogP contribution in [0.25, 0.3) is 0 Å². The Morgan fingerprint density at radius 2 is 1.61 bits per heavy atom. The van der Waals surface area contributed by atoms with Gasteiger partial charge in [0.15, 0.2) is 17.9 Å². The van der Waals surface area contributed by atoms with E-state index in [9.17, 15) is 20.2 Å². The van der Waals surface area contributed by atoms with Gasteiger partial charge in [-0.3, -0.25) is 20.2 Å². The van der Waals surface area contributed by atoms with Crippen molar-refractivity contribution < 1.29 is 14.5 Å². The number of nitro groups is 2. The van der Waals surface area contributed by atoms with Crippen molar-refractivity contribution in [2.45, 2.75) is 45.6 Å². The van der Waals surface area contributed by atoms with E-state index in [-0.39, 0.29) is 17.4 Å². The van der Waals surface area contributed by atoms with E-state index in [1.165, 1.54) is 24.6 Å². The summed E-state index contributed by atoms with van der Waals surface area (Å²) in [6, 6.07) is 4.27. The van der Waals surface area contributed by atoms with Crippen LogP contribution in [0.5, 0.6) is 0 Å². The fourth-order valence-corrected chi connectivity index (χ4v) is 5.58. The molecule has 2 fully saturated rings. The molecule has 0 N–H and O–H groups in total. The van der Waals surface area contributed by atoms with Crippen molar-refractivity contribution in [3.8, 4) is 0 Å². The van der Waals surface area contributed by atoms with Crippen molar-refractivity contribution >= 4 is 84.9 Å². The Balaban J connectivity index is 0.000000383. The molecule has 1 aliphatic heterocycles. The molecule has 4 atom stereocenters. The number of hydrogen-bond donors (Lipinski definition) is 0. The van der Waals surface area contributed by atoms with Crippen LogP contribution < -0.4 is 5.01 Å². The summed E-state index contributed by atoms with van der Waals surface area (Å²) in [6.45, 7) is 4.95. The number of halogens is 6. The molecule has 2 saturated carbocycles. The molecule has 0 amide bonds. The number of fused-ring (bicyclic) bond motifs is 5.